The van der Waals surface area contributed by atoms with E-state index < -0.39 is 0 Å². The summed E-state index contributed by atoms with van der Waals surface area (Å²) in [7, 11) is 1.89. The summed E-state index contributed by atoms with van der Waals surface area (Å²) in [5.74, 6) is 1.00. The Morgan fingerprint density at radius 2 is 2.38 bits per heavy atom. The van der Waals surface area contributed by atoms with Crippen LogP contribution in [0, 0.1) is 0 Å². The van der Waals surface area contributed by atoms with Crippen molar-refractivity contribution >= 4 is 11.5 Å². The van der Waals surface area contributed by atoms with Crippen LogP contribution in [0.2, 0.25) is 0 Å². The summed E-state index contributed by atoms with van der Waals surface area (Å²) in [5.41, 5.74) is 7.54. The number of benzene rings is 1. The monoisotopic (exact) mass is 220 g/mol. The van der Waals surface area contributed by atoms with Gasteiger partial charge in [-0.25, -0.2) is 0 Å². The van der Waals surface area contributed by atoms with Crippen molar-refractivity contribution in [3.8, 4) is 5.75 Å². The summed E-state index contributed by atoms with van der Waals surface area (Å²) in [6.07, 6.45) is 0.946. The fourth-order valence-corrected chi connectivity index (χ4v) is 1.83. The maximum absolute atomic E-state index is 11.2. The third kappa shape index (κ3) is 2.17. The molecule has 4 heteroatoms. The average molecular weight is 220 g/mol. The zero-order valence-corrected chi connectivity index (χ0v) is 9.40. The first-order valence-electron chi connectivity index (χ1n) is 5.39. The van der Waals surface area contributed by atoms with Crippen LogP contribution in [0.25, 0.3) is 0 Å². The Balaban J connectivity index is 2.12. The Hall–Kier alpha value is -1.55. The molecule has 1 aliphatic heterocycles. The second kappa shape index (κ2) is 4.53. The number of nitrogens with two attached hydrogens (primary N) is 1. The van der Waals surface area contributed by atoms with Crippen LogP contribution in [-0.2, 0) is 11.2 Å². The molecule has 0 saturated heterocycles. The number of nitrogens with zero attached hydrogens (tertiary/aromatic N) is 1. The Morgan fingerprint density at radius 1 is 1.56 bits per heavy atom. The van der Waals surface area contributed by atoms with Gasteiger partial charge in [-0.15, -0.1) is 0 Å². The minimum Gasteiger partial charge on any atom is -0.493 e. The zero-order chi connectivity index (χ0) is 11.5. The van der Waals surface area contributed by atoms with Crippen LogP contribution < -0.4 is 15.4 Å². The number of Topliss-reactive ketones (excluding diaryl/α,β-unsaturated/α-hetero) is 1. The number of ether oxygens (including phenoxy) is 1. The number of hydrogen-bond acceptors (Lipinski definition) is 4. The van der Waals surface area contributed by atoms with Gasteiger partial charge >= 0.3 is 0 Å². The van der Waals surface area contributed by atoms with Crippen molar-refractivity contribution in [1.82, 2.24) is 0 Å². The first-order valence-corrected chi connectivity index (χ1v) is 5.39. The van der Waals surface area contributed by atoms with Crippen LogP contribution in [0.5, 0.6) is 5.75 Å². The van der Waals surface area contributed by atoms with E-state index in [-0.39, 0.29) is 12.3 Å². The third-order valence-corrected chi connectivity index (χ3v) is 2.76. The average Bonchev–Trinajstić information content (AvgIpc) is 2.75. The summed E-state index contributed by atoms with van der Waals surface area (Å²) >= 11 is 0. The molecule has 0 spiro atoms. The molecule has 0 atom stereocenters. The number of carbonyl (C=O) groups is 1. The molecule has 0 saturated carbocycles. The summed E-state index contributed by atoms with van der Waals surface area (Å²) in [4.78, 5) is 13.1. The zero-order valence-electron chi connectivity index (χ0n) is 9.40. The van der Waals surface area contributed by atoms with E-state index in [1.165, 1.54) is 5.56 Å². The Kier molecular flexibility index (Phi) is 3.10. The minimum atomic E-state index is 0.0410. The van der Waals surface area contributed by atoms with Gasteiger partial charge in [-0.2, -0.15) is 0 Å². The molecule has 1 heterocycles. The Morgan fingerprint density at radius 3 is 3.12 bits per heavy atom. The molecule has 4 nitrogen and oxygen atoms in total. The second-order valence-corrected chi connectivity index (χ2v) is 3.99. The van der Waals surface area contributed by atoms with E-state index in [2.05, 4.69) is 6.07 Å². The molecular formula is C12H16N2O2. The summed E-state index contributed by atoms with van der Waals surface area (Å²) in [6.45, 7) is 1.21. The molecule has 0 aliphatic carbocycles. The van der Waals surface area contributed by atoms with Gasteiger partial charge in [-0.1, -0.05) is 0 Å². The lowest BCUT2D eigenvalue weighted by molar-refractivity contribution is -0.116. The van der Waals surface area contributed by atoms with E-state index in [1.54, 1.807) is 0 Å². The largest absolute Gasteiger partial charge is 0.493 e. The van der Waals surface area contributed by atoms with E-state index >= 15 is 0 Å². The van der Waals surface area contributed by atoms with E-state index in [0.29, 0.717) is 6.54 Å². The highest BCUT2D eigenvalue weighted by atomic mass is 16.5. The molecular weight excluding hydrogens is 204 g/mol. The van der Waals surface area contributed by atoms with Crippen LogP contribution in [0.4, 0.5) is 5.69 Å². The summed E-state index contributed by atoms with van der Waals surface area (Å²) in [6, 6.07) is 6.00. The number of carbonyl (C=O) groups excluding carboxylic acids is 1. The number of fused-ring (bicyclic) bond motifs is 1. The van der Waals surface area contributed by atoms with Crippen LogP contribution in [0.1, 0.15) is 5.56 Å². The lowest BCUT2D eigenvalue weighted by atomic mass is 10.1. The van der Waals surface area contributed by atoms with Gasteiger partial charge in [0.2, 0.25) is 0 Å². The van der Waals surface area contributed by atoms with Crippen molar-refractivity contribution in [2.45, 2.75) is 6.42 Å². The molecule has 0 radical (unpaired) electrons. The quantitative estimate of drug-likeness (QED) is 0.806. The maximum atomic E-state index is 11.2. The van der Waals surface area contributed by atoms with Gasteiger partial charge in [0, 0.05) is 19.2 Å². The van der Waals surface area contributed by atoms with Gasteiger partial charge in [0.25, 0.3) is 0 Å². The highest BCUT2D eigenvalue weighted by Crippen LogP contribution is 2.28. The Bertz CT molecular complexity index is 404. The third-order valence-electron chi connectivity index (χ3n) is 2.76. The number of hydrogen-bond donors (Lipinski definition) is 1. The van der Waals surface area contributed by atoms with Crippen LogP contribution in [-0.4, -0.2) is 32.5 Å². The predicted molar refractivity (Wildman–Crippen MR) is 63.0 cm³/mol. The molecule has 86 valence electrons. The molecule has 1 aromatic carbocycles. The molecule has 0 aromatic heterocycles. The fourth-order valence-electron chi connectivity index (χ4n) is 1.83. The van der Waals surface area contributed by atoms with Crippen molar-refractivity contribution in [3.05, 3.63) is 23.8 Å². The number of rotatable bonds is 4. The molecule has 0 fully saturated rings. The molecule has 2 N–H and O–H groups in total. The van der Waals surface area contributed by atoms with Gasteiger partial charge in [0.1, 0.15) is 5.75 Å². The van der Waals surface area contributed by atoms with Gasteiger partial charge in [-0.3, -0.25) is 4.79 Å². The highest BCUT2D eigenvalue weighted by Gasteiger charge is 2.14. The van der Waals surface area contributed by atoms with Crippen molar-refractivity contribution in [3.63, 3.8) is 0 Å². The molecule has 16 heavy (non-hydrogen) atoms. The van der Waals surface area contributed by atoms with E-state index in [0.717, 1.165) is 24.5 Å². The smallest absolute Gasteiger partial charge is 0.165 e. The van der Waals surface area contributed by atoms with Gasteiger partial charge in [0.15, 0.2) is 5.78 Å². The van der Waals surface area contributed by atoms with Crippen LogP contribution in [0.3, 0.4) is 0 Å². The van der Waals surface area contributed by atoms with Crippen LogP contribution in [0.15, 0.2) is 18.2 Å². The fraction of sp³-hybridized carbons (Fsp3) is 0.417. The number of ketones is 1. The predicted octanol–water partition coefficient (Wildman–Crippen LogP) is 0.586. The maximum Gasteiger partial charge on any atom is 0.165 e. The summed E-state index contributed by atoms with van der Waals surface area (Å²) < 4.78 is 5.43. The normalized spacial score (nSPS) is 13.1. The lowest BCUT2D eigenvalue weighted by Crippen LogP contribution is -2.30. The summed E-state index contributed by atoms with van der Waals surface area (Å²) in [5, 5.41) is 0. The lowest BCUT2D eigenvalue weighted by Gasteiger charge is -2.18. The molecule has 1 aliphatic rings. The standard InChI is InChI=1S/C12H16N2O2/c1-14(8-11(15)7-13)10-2-3-12-9(6-10)4-5-16-12/h2-3,6H,4-5,7-8,13H2,1H3. The molecule has 2 rings (SSSR count). The van der Waals surface area contributed by atoms with E-state index in [1.807, 2.05) is 24.1 Å². The first kappa shape index (κ1) is 11.0. The molecule has 0 amide bonds. The molecule has 0 unspecified atom stereocenters. The topological polar surface area (TPSA) is 55.6 Å². The highest BCUT2D eigenvalue weighted by molar-refractivity contribution is 5.85. The van der Waals surface area contributed by atoms with Crippen molar-refractivity contribution in [2.24, 2.45) is 5.73 Å². The number of anilines is 1. The van der Waals surface area contributed by atoms with Crippen molar-refractivity contribution in [2.75, 3.05) is 31.6 Å². The van der Waals surface area contributed by atoms with Gasteiger partial charge in [0.05, 0.1) is 19.7 Å². The van der Waals surface area contributed by atoms with E-state index in [4.69, 9.17) is 10.5 Å². The first-order chi connectivity index (χ1) is 7.70. The SMILES string of the molecule is CN(CC(=O)CN)c1ccc2c(c1)CCO2. The van der Waals surface area contributed by atoms with Crippen molar-refractivity contribution in [1.29, 1.82) is 0 Å². The minimum absolute atomic E-state index is 0.0410. The molecule has 1 aromatic rings. The van der Waals surface area contributed by atoms with Crippen LogP contribution >= 0.6 is 0 Å². The number of likely N-dealkylation sites (N-methyl/N-ethyl adjacent to an activating group) is 1. The van der Waals surface area contributed by atoms with Crippen molar-refractivity contribution < 1.29 is 9.53 Å². The molecule has 0 bridgehead atoms. The van der Waals surface area contributed by atoms with E-state index in [9.17, 15) is 4.79 Å². The Labute approximate surface area is 95.0 Å². The van der Waals surface area contributed by atoms with Gasteiger partial charge < -0.3 is 15.4 Å². The second-order valence-electron chi connectivity index (χ2n) is 3.99. The van der Waals surface area contributed by atoms with Gasteiger partial charge in [-0.05, 0) is 23.8 Å².